The summed E-state index contributed by atoms with van der Waals surface area (Å²) in [5, 5.41) is 0. The lowest BCUT2D eigenvalue weighted by molar-refractivity contribution is 0.0598. The van der Waals surface area contributed by atoms with E-state index < -0.39 is 11.5 Å². The van der Waals surface area contributed by atoms with Crippen molar-refractivity contribution in [3.05, 3.63) is 68.6 Å². The lowest BCUT2D eigenvalue weighted by atomic mass is 9.81. The number of carbonyl (C=O) groups excluding carboxylic acids is 2. The van der Waals surface area contributed by atoms with Gasteiger partial charge in [-0.2, -0.15) is 0 Å². The summed E-state index contributed by atoms with van der Waals surface area (Å²) in [4.78, 5) is 38.8. The molecule has 2 aromatic rings. The van der Waals surface area contributed by atoms with Crippen LogP contribution in [0.4, 0.5) is 0 Å². The smallest absolute Gasteiger partial charge is 0.343 e. The highest BCUT2D eigenvalue weighted by atomic mass is 16.5. The topological polar surface area (TPSA) is 76.2 Å². The van der Waals surface area contributed by atoms with Crippen molar-refractivity contribution in [2.75, 3.05) is 7.11 Å². The molecule has 5 nitrogen and oxygen atoms in total. The van der Waals surface area contributed by atoms with Gasteiger partial charge in [-0.25, -0.2) is 4.79 Å². The maximum Gasteiger partial charge on any atom is 0.343 e. The molecular formula is C18H17NO4. The first-order chi connectivity index (χ1) is 11.0. The van der Waals surface area contributed by atoms with E-state index in [0.29, 0.717) is 24.1 Å². The van der Waals surface area contributed by atoms with Crippen LogP contribution in [0.15, 0.2) is 35.1 Å². The Balaban J connectivity index is 2.01. The normalized spacial score (nSPS) is 16.8. The van der Waals surface area contributed by atoms with Gasteiger partial charge in [-0.15, -0.1) is 0 Å². The van der Waals surface area contributed by atoms with Gasteiger partial charge in [-0.1, -0.05) is 29.8 Å². The van der Waals surface area contributed by atoms with Crippen molar-refractivity contribution < 1.29 is 14.3 Å². The number of ether oxygens (including phenoxy) is 1. The molecule has 1 aromatic heterocycles. The van der Waals surface area contributed by atoms with E-state index in [-0.39, 0.29) is 17.3 Å². The van der Waals surface area contributed by atoms with Crippen molar-refractivity contribution in [1.82, 2.24) is 4.98 Å². The standard InChI is InChI=1S/C18H17NO4/c1-10-4-3-5-11(6-10)12-7-15-13(16(20)8-12)9-14(17(21)19-15)18(22)23-2/h3-6,9,12H,7-8H2,1-2H3,(H,19,21)/t12-/m1/s1. The average Bonchev–Trinajstić information content (AvgIpc) is 2.53. The maximum absolute atomic E-state index is 12.5. The van der Waals surface area contributed by atoms with Gasteiger partial charge in [0.1, 0.15) is 5.56 Å². The molecule has 1 N–H and O–H groups in total. The number of nitrogens with one attached hydrogen (secondary N) is 1. The molecule has 1 atom stereocenters. The molecule has 0 radical (unpaired) electrons. The first-order valence-electron chi connectivity index (χ1n) is 7.44. The number of pyridine rings is 1. The minimum Gasteiger partial charge on any atom is -0.465 e. The first-order valence-corrected chi connectivity index (χ1v) is 7.44. The second kappa shape index (κ2) is 5.83. The van der Waals surface area contributed by atoms with Crippen molar-refractivity contribution in [2.45, 2.75) is 25.7 Å². The highest BCUT2D eigenvalue weighted by Gasteiger charge is 2.29. The van der Waals surface area contributed by atoms with Crippen LogP contribution < -0.4 is 5.56 Å². The minimum atomic E-state index is -0.734. The summed E-state index contributed by atoms with van der Waals surface area (Å²) in [7, 11) is 1.21. The van der Waals surface area contributed by atoms with E-state index in [1.165, 1.54) is 13.2 Å². The number of Topliss-reactive ketones (excluding diaryl/α,β-unsaturated/α-hetero) is 1. The van der Waals surface area contributed by atoms with Crippen molar-refractivity contribution in [2.24, 2.45) is 0 Å². The summed E-state index contributed by atoms with van der Waals surface area (Å²) in [5.74, 6) is -0.767. The van der Waals surface area contributed by atoms with Crippen LogP contribution in [0.1, 0.15) is 49.9 Å². The second-order valence-corrected chi connectivity index (χ2v) is 5.84. The Kier molecular flexibility index (Phi) is 3.86. The third-order valence-electron chi connectivity index (χ3n) is 4.22. The average molecular weight is 311 g/mol. The molecule has 1 aliphatic carbocycles. The summed E-state index contributed by atoms with van der Waals surface area (Å²) in [6.07, 6.45) is 0.935. The largest absolute Gasteiger partial charge is 0.465 e. The second-order valence-electron chi connectivity index (χ2n) is 5.84. The Morgan fingerprint density at radius 2 is 2.00 bits per heavy atom. The number of aryl methyl sites for hydroxylation is 1. The van der Waals surface area contributed by atoms with Crippen molar-refractivity contribution in [3.8, 4) is 0 Å². The van der Waals surface area contributed by atoms with Gasteiger partial charge in [0.25, 0.3) is 5.56 Å². The molecule has 118 valence electrons. The number of aromatic amines is 1. The molecule has 0 spiro atoms. The Morgan fingerprint density at radius 3 is 2.70 bits per heavy atom. The molecule has 0 saturated carbocycles. The number of H-pyrrole nitrogens is 1. The molecule has 0 saturated heterocycles. The Hall–Kier alpha value is -2.69. The quantitative estimate of drug-likeness (QED) is 0.864. The molecule has 0 amide bonds. The number of benzene rings is 1. The predicted molar refractivity (Wildman–Crippen MR) is 85.0 cm³/mol. The van der Waals surface area contributed by atoms with Crippen LogP contribution in [-0.2, 0) is 11.2 Å². The molecular weight excluding hydrogens is 294 g/mol. The Morgan fingerprint density at radius 1 is 1.22 bits per heavy atom. The predicted octanol–water partition coefficient (Wildman–Crippen LogP) is 2.38. The number of rotatable bonds is 2. The summed E-state index contributed by atoms with van der Waals surface area (Å²) in [6, 6.07) is 9.38. The monoisotopic (exact) mass is 311 g/mol. The third kappa shape index (κ3) is 2.82. The fourth-order valence-corrected chi connectivity index (χ4v) is 3.05. The van der Waals surface area contributed by atoms with Crippen LogP contribution in [0.5, 0.6) is 0 Å². The van der Waals surface area contributed by atoms with Crippen LogP contribution in [-0.4, -0.2) is 23.8 Å². The zero-order chi connectivity index (χ0) is 16.6. The van der Waals surface area contributed by atoms with E-state index >= 15 is 0 Å². The lowest BCUT2D eigenvalue weighted by Gasteiger charge is -2.24. The first kappa shape index (κ1) is 15.2. The van der Waals surface area contributed by atoms with E-state index in [0.717, 1.165) is 11.1 Å². The number of carbonyl (C=O) groups is 2. The highest BCUT2D eigenvalue weighted by molar-refractivity contribution is 6.01. The summed E-state index contributed by atoms with van der Waals surface area (Å²) < 4.78 is 4.58. The van der Waals surface area contributed by atoms with E-state index in [1.807, 2.05) is 25.1 Å². The zero-order valence-electron chi connectivity index (χ0n) is 13.0. The zero-order valence-corrected chi connectivity index (χ0v) is 13.0. The van der Waals surface area contributed by atoms with Gasteiger partial charge in [-0.05, 0) is 30.9 Å². The fourth-order valence-electron chi connectivity index (χ4n) is 3.05. The van der Waals surface area contributed by atoms with Crippen molar-refractivity contribution in [3.63, 3.8) is 0 Å². The minimum absolute atomic E-state index is 0.0366. The van der Waals surface area contributed by atoms with Gasteiger partial charge in [0, 0.05) is 17.7 Å². The number of hydrogen-bond donors (Lipinski definition) is 1. The Labute approximate surface area is 133 Å². The van der Waals surface area contributed by atoms with Gasteiger partial charge in [0.05, 0.1) is 7.11 Å². The maximum atomic E-state index is 12.5. The van der Waals surface area contributed by atoms with E-state index in [4.69, 9.17) is 0 Å². The molecule has 1 aliphatic rings. The molecule has 0 aliphatic heterocycles. The molecule has 1 aromatic carbocycles. The van der Waals surface area contributed by atoms with Gasteiger partial charge in [0.2, 0.25) is 0 Å². The van der Waals surface area contributed by atoms with E-state index in [9.17, 15) is 14.4 Å². The number of hydrogen-bond acceptors (Lipinski definition) is 4. The van der Waals surface area contributed by atoms with Crippen molar-refractivity contribution >= 4 is 11.8 Å². The number of methoxy groups -OCH3 is 1. The lowest BCUT2D eigenvalue weighted by Crippen LogP contribution is -2.27. The van der Waals surface area contributed by atoms with Gasteiger partial charge in [0.15, 0.2) is 5.78 Å². The number of fused-ring (bicyclic) bond motifs is 1. The molecule has 5 heteroatoms. The highest BCUT2D eigenvalue weighted by Crippen LogP contribution is 2.31. The van der Waals surface area contributed by atoms with Crippen LogP contribution in [0.25, 0.3) is 0 Å². The van der Waals surface area contributed by atoms with Crippen LogP contribution in [0.2, 0.25) is 0 Å². The van der Waals surface area contributed by atoms with Gasteiger partial charge < -0.3 is 9.72 Å². The van der Waals surface area contributed by atoms with E-state index in [1.54, 1.807) is 0 Å². The van der Waals surface area contributed by atoms with Gasteiger partial charge >= 0.3 is 5.97 Å². The Bertz CT molecular complexity index is 850. The van der Waals surface area contributed by atoms with Crippen LogP contribution in [0, 0.1) is 6.92 Å². The third-order valence-corrected chi connectivity index (χ3v) is 4.22. The van der Waals surface area contributed by atoms with Crippen LogP contribution >= 0.6 is 0 Å². The number of aromatic nitrogens is 1. The molecule has 23 heavy (non-hydrogen) atoms. The number of esters is 1. The van der Waals surface area contributed by atoms with Crippen LogP contribution in [0.3, 0.4) is 0 Å². The molecule has 0 bridgehead atoms. The van der Waals surface area contributed by atoms with Crippen molar-refractivity contribution in [1.29, 1.82) is 0 Å². The van der Waals surface area contributed by atoms with Gasteiger partial charge in [-0.3, -0.25) is 9.59 Å². The SMILES string of the molecule is COC(=O)c1cc2c([nH]c1=O)C[C@@H](c1cccc(C)c1)CC2=O. The molecule has 0 unspecified atom stereocenters. The fraction of sp³-hybridized carbons (Fsp3) is 0.278. The molecule has 3 rings (SSSR count). The summed E-state index contributed by atoms with van der Waals surface area (Å²) >= 11 is 0. The summed E-state index contributed by atoms with van der Waals surface area (Å²) in [6.45, 7) is 2.01. The molecule has 0 fully saturated rings. The number of ketones is 1. The summed E-state index contributed by atoms with van der Waals surface area (Å²) in [5.41, 5.74) is 2.57. The van der Waals surface area contributed by atoms with E-state index in [2.05, 4.69) is 15.8 Å². The molecule has 1 heterocycles.